The van der Waals surface area contributed by atoms with Crippen molar-refractivity contribution in [2.45, 2.75) is 23.8 Å². The van der Waals surface area contributed by atoms with E-state index in [2.05, 4.69) is 4.90 Å². The van der Waals surface area contributed by atoms with Crippen molar-refractivity contribution < 1.29 is 14.8 Å². The number of hydrogen-bond donors (Lipinski definition) is 1. The molecule has 31 heavy (non-hydrogen) atoms. The van der Waals surface area contributed by atoms with Crippen LogP contribution in [0.15, 0.2) is 48.5 Å². The minimum atomic E-state index is -0.846. The van der Waals surface area contributed by atoms with E-state index in [0.29, 0.717) is 30.2 Å². The molecule has 0 bridgehead atoms. The van der Waals surface area contributed by atoms with E-state index in [9.17, 15) is 20.0 Å². The molecule has 0 aromatic heterocycles. The second-order valence-electron chi connectivity index (χ2n) is 7.98. The molecular formula is C22H24ClN3O4S. The third-order valence-corrected chi connectivity index (χ3v) is 7.59. The predicted octanol–water partition coefficient (Wildman–Crippen LogP) is 3.81. The first-order valence-corrected chi connectivity index (χ1v) is 11.6. The van der Waals surface area contributed by atoms with Crippen molar-refractivity contribution in [2.75, 3.05) is 31.9 Å². The van der Waals surface area contributed by atoms with Gasteiger partial charge in [0.25, 0.3) is 5.69 Å². The van der Waals surface area contributed by atoms with Gasteiger partial charge >= 0.3 is 0 Å². The molecule has 1 N–H and O–H groups in total. The van der Waals surface area contributed by atoms with Crippen LogP contribution in [0.3, 0.4) is 0 Å². The smallest absolute Gasteiger partial charge is 0.269 e. The molecule has 0 radical (unpaired) electrons. The van der Waals surface area contributed by atoms with Gasteiger partial charge in [-0.15, -0.1) is 11.8 Å². The number of carbonyl (C=O) groups is 1. The lowest BCUT2D eigenvalue weighted by Crippen LogP contribution is -2.45. The highest BCUT2D eigenvalue weighted by Crippen LogP contribution is 2.39. The number of thioether (sulfide) groups is 1. The van der Waals surface area contributed by atoms with E-state index in [1.807, 2.05) is 17.0 Å². The molecule has 2 fully saturated rings. The van der Waals surface area contributed by atoms with Gasteiger partial charge in [0.2, 0.25) is 5.91 Å². The first-order valence-electron chi connectivity index (χ1n) is 10.2. The maximum Gasteiger partial charge on any atom is 0.269 e. The minimum Gasteiger partial charge on any atom is -0.385 e. The Balaban J connectivity index is 1.34. The third kappa shape index (κ3) is 4.87. The van der Waals surface area contributed by atoms with E-state index in [1.165, 1.54) is 12.1 Å². The minimum absolute atomic E-state index is 0.0473. The normalized spacial score (nSPS) is 21.4. The summed E-state index contributed by atoms with van der Waals surface area (Å²) in [6.07, 6.45) is 1.26. The standard InChI is InChI=1S/C22H24ClN3O4S/c23-18-5-3-17(4-6-18)22(28)9-11-24(12-10-22)13-14-25-20(27)15-31-21(25)16-1-7-19(8-2-16)26(29)30/h1-8,21,28H,9-15H2. The number of hydrogen-bond acceptors (Lipinski definition) is 6. The molecule has 0 aliphatic carbocycles. The van der Waals surface area contributed by atoms with Gasteiger partial charge in [-0.05, 0) is 48.2 Å². The summed E-state index contributed by atoms with van der Waals surface area (Å²) in [6, 6.07) is 13.8. The molecule has 0 spiro atoms. The van der Waals surface area contributed by atoms with Crippen molar-refractivity contribution in [1.82, 2.24) is 9.80 Å². The summed E-state index contributed by atoms with van der Waals surface area (Å²) >= 11 is 7.51. The predicted molar refractivity (Wildman–Crippen MR) is 121 cm³/mol. The zero-order valence-corrected chi connectivity index (χ0v) is 18.5. The topological polar surface area (TPSA) is 86.9 Å². The summed E-state index contributed by atoms with van der Waals surface area (Å²) in [5.74, 6) is 0.501. The number of rotatable bonds is 6. The zero-order chi connectivity index (χ0) is 22.0. The molecule has 0 saturated carbocycles. The summed E-state index contributed by atoms with van der Waals surface area (Å²) in [5.41, 5.74) is 0.992. The highest BCUT2D eigenvalue weighted by Gasteiger charge is 2.36. The first-order chi connectivity index (χ1) is 14.9. The van der Waals surface area contributed by atoms with Crippen LogP contribution in [-0.2, 0) is 10.4 Å². The lowest BCUT2D eigenvalue weighted by Gasteiger charge is -2.39. The van der Waals surface area contributed by atoms with Crippen LogP contribution in [0.25, 0.3) is 0 Å². The van der Waals surface area contributed by atoms with Crippen LogP contribution < -0.4 is 0 Å². The molecule has 2 heterocycles. The molecule has 2 aliphatic rings. The molecule has 2 aliphatic heterocycles. The monoisotopic (exact) mass is 461 g/mol. The van der Waals surface area contributed by atoms with Crippen LogP contribution >= 0.6 is 23.4 Å². The van der Waals surface area contributed by atoms with Crippen LogP contribution in [0.5, 0.6) is 0 Å². The number of piperidine rings is 1. The molecule has 164 valence electrons. The second-order valence-corrected chi connectivity index (χ2v) is 9.48. The Kier molecular flexibility index (Phi) is 6.52. The van der Waals surface area contributed by atoms with Crippen LogP contribution in [0.1, 0.15) is 29.3 Å². The average molecular weight is 462 g/mol. The SMILES string of the molecule is O=C1CSC(c2ccc([N+](=O)[O-])cc2)N1CCN1CCC(O)(c2ccc(Cl)cc2)CC1. The van der Waals surface area contributed by atoms with E-state index < -0.39 is 10.5 Å². The van der Waals surface area contributed by atoms with Gasteiger partial charge in [0.1, 0.15) is 5.37 Å². The van der Waals surface area contributed by atoms with Crippen LogP contribution in [-0.4, -0.2) is 57.7 Å². The number of halogens is 1. The van der Waals surface area contributed by atoms with Crippen LogP contribution in [0, 0.1) is 10.1 Å². The first kappa shape index (κ1) is 22.1. The number of non-ortho nitro benzene ring substituents is 1. The van der Waals surface area contributed by atoms with Gasteiger partial charge in [-0.3, -0.25) is 14.9 Å². The second kappa shape index (κ2) is 9.16. The number of aliphatic hydroxyl groups is 1. The number of amides is 1. The van der Waals surface area contributed by atoms with Crippen LogP contribution in [0.2, 0.25) is 5.02 Å². The van der Waals surface area contributed by atoms with Gasteiger partial charge in [0.05, 0.1) is 16.3 Å². The van der Waals surface area contributed by atoms with Crippen molar-refractivity contribution in [2.24, 2.45) is 0 Å². The van der Waals surface area contributed by atoms with Gasteiger partial charge in [-0.1, -0.05) is 23.7 Å². The van der Waals surface area contributed by atoms with Crippen molar-refractivity contribution in [3.63, 3.8) is 0 Å². The Labute approximate surface area is 190 Å². The largest absolute Gasteiger partial charge is 0.385 e. The van der Waals surface area contributed by atoms with Gasteiger partial charge in [-0.25, -0.2) is 0 Å². The molecule has 2 aromatic rings. The summed E-state index contributed by atoms with van der Waals surface area (Å²) < 4.78 is 0. The molecule has 9 heteroatoms. The van der Waals surface area contributed by atoms with E-state index in [-0.39, 0.29) is 17.0 Å². The molecule has 1 unspecified atom stereocenters. The van der Waals surface area contributed by atoms with Crippen molar-refractivity contribution in [3.8, 4) is 0 Å². The Morgan fingerprint density at radius 1 is 1.10 bits per heavy atom. The lowest BCUT2D eigenvalue weighted by molar-refractivity contribution is -0.384. The van der Waals surface area contributed by atoms with Crippen molar-refractivity contribution in [1.29, 1.82) is 0 Å². The van der Waals surface area contributed by atoms with E-state index in [1.54, 1.807) is 36.0 Å². The van der Waals surface area contributed by atoms with E-state index >= 15 is 0 Å². The van der Waals surface area contributed by atoms with Gasteiger partial charge < -0.3 is 14.9 Å². The quantitative estimate of drug-likeness (QED) is 0.520. The number of nitro benzene ring substituents is 1. The number of nitro groups is 1. The average Bonchev–Trinajstić information content (AvgIpc) is 3.14. The summed E-state index contributed by atoms with van der Waals surface area (Å²) in [4.78, 5) is 27.0. The molecule has 1 atom stereocenters. The van der Waals surface area contributed by atoms with Gasteiger partial charge in [-0.2, -0.15) is 0 Å². The molecule has 2 saturated heterocycles. The maximum absolute atomic E-state index is 12.4. The summed E-state index contributed by atoms with van der Waals surface area (Å²) in [5, 5.41) is 22.5. The number of likely N-dealkylation sites (tertiary alicyclic amines) is 1. The number of nitrogens with zero attached hydrogens (tertiary/aromatic N) is 3. The molecular weight excluding hydrogens is 438 g/mol. The van der Waals surface area contributed by atoms with Gasteiger partial charge in [0.15, 0.2) is 0 Å². The number of benzene rings is 2. The van der Waals surface area contributed by atoms with Gasteiger partial charge in [0, 0.05) is 43.3 Å². The summed E-state index contributed by atoms with van der Waals surface area (Å²) in [6.45, 7) is 2.81. The highest BCUT2D eigenvalue weighted by molar-refractivity contribution is 8.00. The lowest BCUT2D eigenvalue weighted by atomic mass is 9.84. The maximum atomic E-state index is 12.4. The Hall–Kier alpha value is -2.13. The molecule has 1 amide bonds. The van der Waals surface area contributed by atoms with E-state index in [0.717, 1.165) is 30.8 Å². The van der Waals surface area contributed by atoms with Crippen molar-refractivity contribution >= 4 is 35.0 Å². The Morgan fingerprint density at radius 2 is 1.74 bits per heavy atom. The summed E-state index contributed by atoms with van der Waals surface area (Å²) in [7, 11) is 0. The van der Waals surface area contributed by atoms with Crippen LogP contribution in [0.4, 0.5) is 5.69 Å². The Morgan fingerprint density at radius 3 is 2.35 bits per heavy atom. The fourth-order valence-electron chi connectivity index (χ4n) is 4.18. The fourth-order valence-corrected chi connectivity index (χ4v) is 5.52. The molecule has 2 aromatic carbocycles. The number of carbonyl (C=O) groups excluding carboxylic acids is 1. The third-order valence-electron chi connectivity index (χ3n) is 6.08. The van der Waals surface area contributed by atoms with Crippen molar-refractivity contribution in [3.05, 3.63) is 74.8 Å². The molecule has 7 nitrogen and oxygen atoms in total. The zero-order valence-electron chi connectivity index (χ0n) is 16.9. The fraction of sp³-hybridized carbons (Fsp3) is 0.409. The van der Waals surface area contributed by atoms with E-state index in [4.69, 9.17) is 11.6 Å². The Bertz CT molecular complexity index is 946. The highest BCUT2D eigenvalue weighted by atomic mass is 35.5. The molecule has 4 rings (SSSR count).